The topological polar surface area (TPSA) is 111 Å². The van der Waals surface area contributed by atoms with Crippen LogP contribution in [-0.4, -0.2) is 52.0 Å². The molecule has 8 nitrogen and oxygen atoms in total. The molecule has 1 saturated heterocycles. The molecule has 1 aromatic rings. The molecular weight excluding hydrogens is 370 g/mol. The number of hydrogen-bond donors (Lipinski definition) is 2. The molecule has 2 aliphatic rings. The van der Waals surface area contributed by atoms with Gasteiger partial charge < -0.3 is 20.5 Å². The second-order valence-electron chi connectivity index (χ2n) is 5.92. The molecule has 3 rings (SSSR count). The van der Waals surface area contributed by atoms with Gasteiger partial charge in [-0.3, -0.25) is 4.79 Å². The zero-order chi connectivity index (χ0) is 17.3. The van der Waals surface area contributed by atoms with Gasteiger partial charge in [-0.25, -0.2) is 8.42 Å². The minimum atomic E-state index is -3.71. The Balaban J connectivity index is 0.00000225. The van der Waals surface area contributed by atoms with Crippen molar-refractivity contribution in [3.63, 3.8) is 0 Å². The fourth-order valence-corrected chi connectivity index (χ4v) is 4.60. The monoisotopic (exact) mass is 391 g/mol. The van der Waals surface area contributed by atoms with Gasteiger partial charge in [-0.1, -0.05) is 0 Å². The summed E-state index contributed by atoms with van der Waals surface area (Å²) in [6, 6.07) is 2.89. The van der Waals surface area contributed by atoms with Gasteiger partial charge in [-0.05, 0) is 25.3 Å². The second-order valence-corrected chi connectivity index (χ2v) is 7.83. The molecule has 3 N–H and O–H groups in total. The number of carbonyl (C=O) groups is 1. The number of anilines is 1. The first-order valence-electron chi connectivity index (χ1n) is 7.80. The standard InChI is InChI=1S/C15H21N3O5S.ClH/c1-22-13-6-11-12(23-9-15(19)17-11)7-14(13)24(20,21)18-4-2-10(8-16)3-5-18;/h6-7,10H,2-5,8-9,16H2,1H3,(H,17,19);1H. The Hall–Kier alpha value is -1.55. The normalized spacial score (nSPS) is 18.6. The molecule has 0 spiro atoms. The fraction of sp³-hybridized carbons (Fsp3) is 0.533. The first-order valence-corrected chi connectivity index (χ1v) is 9.24. The molecule has 0 unspecified atom stereocenters. The smallest absolute Gasteiger partial charge is 0.262 e. The maximum absolute atomic E-state index is 13.0. The number of nitrogens with two attached hydrogens (primary N) is 1. The van der Waals surface area contributed by atoms with E-state index >= 15 is 0 Å². The summed E-state index contributed by atoms with van der Waals surface area (Å²) in [4.78, 5) is 11.4. The zero-order valence-electron chi connectivity index (χ0n) is 13.9. The van der Waals surface area contributed by atoms with E-state index in [1.165, 1.54) is 23.5 Å². The summed E-state index contributed by atoms with van der Waals surface area (Å²) in [5.41, 5.74) is 6.07. The minimum absolute atomic E-state index is 0. The molecule has 0 aliphatic carbocycles. The number of carbonyl (C=O) groups excluding carboxylic acids is 1. The molecular formula is C15H22ClN3O5S. The molecule has 25 heavy (non-hydrogen) atoms. The lowest BCUT2D eigenvalue weighted by Gasteiger charge is -2.31. The van der Waals surface area contributed by atoms with Gasteiger partial charge in [0.05, 0.1) is 12.8 Å². The summed E-state index contributed by atoms with van der Waals surface area (Å²) >= 11 is 0. The summed E-state index contributed by atoms with van der Waals surface area (Å²) in [6.45, 7) is 1.30. The van der Waals surface area contributed by atoms with Gasteiger partial charge in [-0.2, -0.15) is 4.31 Å². The molecule has 1 amide bonds. The SMILES string of the molecule is COc1cc2c(cc1S(=O)(=O)N1CCC(CN)CC1)OCC(=O)N2.Cl. The summed E-state index contributed by atoms with van der Waals surface area (Å²) in [5.74, 6) is 0.579. The molecule has 10 heteroatoms. The van der Waals surface area contributed by atoms with Crippen LogP contribution >= 0.6 is 12.4 Å². The summed E-state index contributed by atoms with van der Waals surface area (Å²) < 4.78 is 38.0. The van der Waals surface area contributed by atoms with E-state index in [1.807, 2.05) is 0 Å². The third-order valence-electron chi connectivity index (χ3n) is 4.42. The number of methoxy groups -OCH3 is 1. The van der Waals surface area contributed by atoms with Crippen LogP contribution in [0.5, 0.6) is 11.5 Å². The Morgan fingerprint density at radius 1 is 1.36 bits per heavy atom. The molecule has 0 atom stereocenters. The van der Waals surface area contributed by atoms with Crippen molar-refractivity contribution in [2.24, 2.45) is 11.7 Å². The van der Waals surface area contributed by atoms with Gasteiger partial charge in [0.15, 0.2) is 6.61 Å². The third-order valence-corrected chi connectivity index (χ3v) is 6.34. The summed E-state index contributed by atoms with van der Waals surface area (Å²) in [5, 5.41) is 2.64. The van der Waals surface area contributed by atoms with Gasteiger partial charge in [-0.15, -0.1) is 12.4 Å². The van der Waals surface area contributed by atoms with Crippen LogP contribution in [0, 0.1) is 5.92 Å². The molecule has 140 valence electrons. The molecule has 0 bridgehead atoms. The summed E-state index contributed by atoms with van der Waals surface area (Å²) in [7, 11) is -2.31. The van der Waals surface area contributed by atoms with Gasteiger partial charge >= 0.3 is 0 Å². The number of piperidine rings is 1. The number of fused-ring (bicyclic) bond motifs is 1. The number of ether oxygens (including phenoxy) is 2. The number of rotatable bonds is 4. The molecule has 2 aliphatic heterocycles. The average Bonchev–Trinajstić information content (AvgIpc) is 2.60. The number of amides is 1. The molecule has 2 heterocycles. The second kappa shape index (κ2) is 7.77. The van der Waals surface area contributed by atoms with E-state index in [1.54, 1.807) is 0 Å². The van der Waals surface area contributed by atoms with E-state index < -0.39 is 10.0 Å². The van der Waals surface area contributed by atoms with E-state index in [2.05, 4.69) is 5.32 Å². The van der Waals surface area contributed by atoms with E-state index in [-0.39, 0.29) is 35.6 Å². The van der Waals surface area contributed by atoms with E-state index in [4.69, 9.17) is 15.2 Å². The largest absolute Gasteiger partial charge is 0.495 e. The Morgan fingerprint density at radius 3 is 2.64 bits per heavy atom. The Bertz CT molecular complexity index is 748. The highest BCUT2D eigenvalue weighted by atomic mass is 35.5. The average molecular weight is 392 g/mol. The fourth-order valence-electron chi connectivity index (χ4n) is 2.97. The lowest BCUT2D eigenvalue weighted by atomic mass is 9.99. The van der Waals surface area contributed by atoms with Crippen molar-refractivity contribution in [2.75, 3.05) is 38.7 Å². The molecule has 1 aromatic carbocycles. The van der Waals surface area contributed by atoms with Crippen LogP contribution in [0.4, 0.5) is 5.69 Å². The number of halogens is 1. The van der Waals surface area contributed by atoms with Gasteiger partial charge in [0.2, 0.25) is 10.0 Å². The number of nitrogens with one attached hydrogen (secondary N) is 1. The first kappa shape index (κ1) is 19.8. The van der Waals surface area contributed by atoms with E-state index in [9.17, 15) is 13.2 Å². The van der Waals surface area contributed by atoms with Crippen molar-refractivity contribution in [1.29, 1.82) is 0 Å². The molecule has 1 fully saturated rings. The van der Waals surface area contributed by atoms with Crippen LogP contribution in [0.25, 0.3) is 0 Å². The van der Waals surface area contributed by atoms with Crippen LogP contribution in [0.15, 0.2) is 17.0 Å². The molecule has 0 aromatic heterocycles. The third kappa shape index (κ3) is 3.84. The maximum Gasteiger partial charge on any atom is 0.262 e. The van der Waals surface area contributed by atoms with Crippen molar-refractivity contribution in [3.05, 3.63) is 12.1 Å². The number of sulfonamides is 1. The highest BCUT2D eigenvalue weighted by Gasteiger charge is 2.33. The minimum Gasteiger partial charge on any atom is -0.495 e. The predicted octanol–water partition coefficient (Wildman–Crippen LogP) is 0.807. The van der Waals surface area contributed by atoms with Crippen LogP contribution < -0.4 is 20.5 Å². The highest BCUT2D eigenvalue weighted by molar-refractivity contribution is 7.89. The first-order chi connectivity index (χ1) is 11.5. The summed E-state index contributed by atoms with van der Waals surface area (Å²) in [6.07, 6.45) is 1.49. The van der Waals surface area contributed by atoms with Gasteiger partial charge in [0.25, 0.3) is 5.91 Å². The quantitative estimate of drug-likeness (QED) is 0.785. The maximum atomic E-state index is 13.0. The lowest BCUT2D eigenvalue weighted by Crippen LogP contribution is -2.40. The highest BCUT2D eigenvalue weighted by Crippen LogP contribution is 2.38. The number of nitrogens with zero attached hydrogens (tertiary/aromatic N) is 1. The van der Waals surface area contributed by atoms with E-state index in [0.717, 1.165) is 12.8 Å². The Kier molecular flexibility index (Phi) is 6.15. The molecule has 0 saturated carbocycles. The Labute approximate surface area is 153 Å². The van der Waals surface area contributed by atoms with E-state index in [0.29, 0.717) is 37.0 Å². The number of hydrogen-bond acceptors (Lipinski definition) is 6. The van der Waals surface area contributed by atoms with Crippen LogP contribution in [0.2, 0.25) is 0 Å². The Morgan fingerprint density at radius 2 is 2.04 bits per heavy atom. The van der Waals surface area contributed by atoms with Crippen molar-refractivity contribution in [1.82, 2.24) is 4.31 Å². The van der Waals surface area contributed by atoms with Crippen molar-refractivity contribution >= 4 is 34.0 Å². The predicted molar refractivity (Wildman–Crippen MR) is 94.9 cm³/mol. The van der Waals surface area contributed by atoms with Crippen molar-refractivity contribution in [3.8, 4) is 11.5 Å². The lowest BCUT2D eigenvalue weighted by molar-refractivity contribution is -0.118. The van der Waals surface area contributed by atoms with Crippen molar-refractivity contribution < 1.29 is 22.7 Å². The van der Waals surface area contributed by atoms with Crippen LogP contribution in [0.3, 0.4) is 0 Å². The zero-order valence-corrected chi connectivity index (χ0v) is 15.5. The van der Waals surface area contributed by atoms with Gasteiger partial charge in [0.1, 0.15) is 16.4 Å². The van der Waals surface area contributed by atoms with Crippen molar-refractivity contribution in [2.45, 2.75) is 17.7 Å². The van der Waals surface area contributed by atoms with Gasteiger partial charge in [0, 0.05) is 25.2 Å². The van der Waals surface area contributed by atoms with Crippen LogP contribution in [0.1, 0.15) is 12.8 Å². The van der Waals surface area contributed by atoms with Crippen LogP contribution in [-0.2, 0) is 14.8 Å². The molecule has 0 radical (unpaired) electrons. The number of benzene rings is 1.